The fourth-order valence-corrected chi connectivity index (χ4v) is 2.64. The third kappa shape index (κ3) is 3.28. The van der Waals surface area contributed by atoms with Crippen molar-refractivity contribution in [1.82, 2.24) is 4.90 Å². The van der Waals surface area contributed by atoms with Gasteiger partial charge < -0.3 is 10.6 Å². The zero-order valence-electron chi connectivity index (χ0n) is 11.6. The Kier molecular flexibility index (Phi) is 5.39. The Hall–Kier alpha value is -1.06. The zero-order chi connectivity index (χ0) is 13.2. The molecule has 106 valence electrons. The summed E-state index contributed by atoms with van der Waals surface area (Å²) in [6.45, 7) is 6.22. The fourth-order valence-electron chi connectivity index (χ4n) is 2.64. The van der Waals surface area contributed by atoms with Crippen molar-refractivity contribution >= 4 is 18.3 Å². The van der Waals surface area contributed by atoms with E-state index < -0.39 is 0 Å². The molecule has 4 heteroatoms. The molecule has 1 aromatic rings. The van der Waals surface area contributed by atoms with Gasteiger partial charge in [0.05, 0.1) is 0 Å². The van der Waals surface area contributed by atoms with E-state index in [2.05, 4.69) is 31.2 Å². The summed E-state index contributed by atoms with van der Waals surface area (Å²) < 4.78 is 0. The number of hydrogen-bond donors (Lipinski definition) is 1. The van der Waals surface area contributed by atoms with Crippen molar-refractivity contribution in [2.75, 3.05) is 19.6 Å². The van der Waals surface area contributed by atoms with E-state index in [4.69, 9.17) is 5.73 Å². The van der Waals surface area contributed by atoms with Crippen molar-refractivity contribution < 1.29 is 4.79 Å². The Balaban J connectivity index is 0.00000180. The van der Waals surface area contributed by atoms with Crippen molar-refractivity contribution in [2.45, 2.75) is 25.7 Å². The number of nitrogens with zero attached hydrogens (tertiary/aromatic N) is 1. The van der Waals surface area contributed by atoms with Gasteiger partial charge in [0, 0.05) is 31.0 Å². The van der Waals surface area contributed by atoms with E-state index in [1.165, 1.54) is 5.56 Å². The molecule has 0 bridgehead atoms. The van der Waals surface area contributed by atoms with Gasteiger partial charge in [0.15, 0.2) is 0 Å². The largest absolute Gasteiger partial charge is 0.342 e. The summed E-state index contributed by atoms with van der Waals surface area (Å²) in [6, 6.07) is 10.5. The standard InChI is InChI=1S/C15H22N2O.ClH/c1-12(10-16)14(18)17-9-8-15(2,11-17)13-6-4-3-5-7-13;/h3-7,12H,8-11,16H2,1-2H3;1H. The maximum atomic E-state index is 12.1. The summed E-state index contributed by atoms with van der Waals surface area (Å²) in [5.41, 5.74) is 6.98. The van der Waals surface area contributed by atoms with Crippen molar-refractivity contribution in [2.24, 2.45) is 11.7 Å². The molecule has 1 aliphatic rings. The summed E-state index contributed by atoms with van der Waals surface area (Å²) in [5.74, 6) is 0.125. The van der Waals surface area contributed by atoms with Crippen LogP contribution in [0.5, 0.6) is 0 Å². The maximum Gasteiger partial charge on any atom is 0.226 e. The van der Waals surface area contributed by atoms with Crippen LogP contribution in [0.2, 0.25) is 0 Å². The maximum absolute atomic E-state index is 12.1. The molecule has 2 N–H and O–H groups in total. The van der Waals surface area contributed by atoms with Gasteiger partial charge in [0.25, 0.3) is 0 Å². The van der Waals surface area contributed by atoms with Crippen LogP contribution in [-0.2, 0) is 10.2 Å². The summed E-state index contributed by atoms with van der Waals surface area (Å²) >= 11 is 0. The van der Waals surface area contributed by atoms with Crippen LogP contribution < -0.4 is 5.73 Å². The predicted octanol–water partition coefficient (Wildman–Crippen LogP) is 2.19. The van der Waals surface area contributed by atoms with Crippen LogP contribution in [0.4, 0.5) is 0 Å². The van der Waals surface area contributed by atoms with Gasteiger partial charge in [-0.15, -0.1) is 12.4 Å². The Bertz CT molecular complexity index is 423. The van der Waals surface area contributed by atoms with Gasteiger partial charge in [0.2, 0.25) is 5.91 Å². The molecule has 1 aliphatic heterocycles. The molecule has 0 aromatic heterocycles. The van der Waals surface area contributed by atoms with Crippen molar-refractivity contribution in [3.05, 3.63) is 35.9 Å². The molecule has 0 spiro atoms. The Morgan fingerprint density at radius 1 is 1.42 bits per heavy atom. The van der Waals surface area contributed by atoms with E-state index in [1.807, 2.05) is 17.9 Å². The number of amides is 1. The topological polar surface area (TPSA) is 46.3 Å². The molecule has 3 nitrogen and oxygen atoms in total. The highest BCUT2D eigenvalue weighted by Crippen LogP contribution is 2.34. The van der Waals surface area contributed by atoms with E-state index in [0.29, 0.717) is 6.54 Å². The van der Waals surface area contributed by atoms with Gasteiger partial charge in [-0.05, 0) is 12.0 Å². The number of carbonyl (C=O) groups is 1. The lowest BCUT2D eigenvalue weighted by molar-refractivity contribution is -0.133. The molecular formula is C15H23ClN2O. The second-order valence-corrected chi connectivity index (χ2v) is 5.57. The van der Waals surface area contributed by atoms with E-state index in [1.54, 1.807) is 0 Å². The Labute approximate surface area is 121 Å². The number of carbonyl (C=O) groups excluding carboxylic acids is 1. The zero-order valence-corrected chi connectivity index (χ0v) is 12.5. The number of halogens is 1. The first kappa shape index (κ1) is 16.0. The molecule has 19 heavy (non-hydrogen) atoms. The molecule has 2 atom stereocenters. The van der Waals surface area contributed by atoms with E-state index in [-0.39, 0.29) is 29.6 Å². The van der Waals surface area contributed by atoms with Gasteiger partial charge in [-0.2, -0.15) is 0 Å². The minimum Gasteiger partial charge on any atom is -0.342 e. The highest BCUT2D eigenvalue weighted by Gasteiger charge is 2.37. The number of nitrogens with two attached hydrogens (primary N) is 1. The summed E-state index contributed by atoms with van der Waals surface area (Å²) in [5, 5.41) is 0. The van der Waals surface area contributed by atoms with Crippen LogP contribution in [0, 0.1) is 5.92 Å². The molecular weight excluding hydrogens is 260 g/mol. The molecule has 2 unspecified atom stereocenters. The van der Waals surface area contributed by atoms with Gasteiger partial charge >= 0.3 is 0 Å². The van der Waals surface area contributed by atoms with Crippen LogP contribution in [0.25, 0.3) is 0 Å². The highest BCUT2D eigenvalue weighted by atomic mass is 35.5. The molecule has 0 saturated carbocycles. The molecule has 1 amide bonds. The van der Waals surface area contributed by atoms with Crippen molar-refractivity contribution in [3.63, 3.8) is 0 Å². The molecule has 0 aliphatic carbocycles. The normalized spacial score (nSPS) is 23.8. The highest BCUT2D eigenvalue weighted by molar-refractivity contribution is 5.85. The summed E-state index contributed by atoms with van der Waals surface area (Å²) in [4.78, 5) is 14.1. The van der Waals surface area contributed by atoms with Gasteiger partial charge in [-0.25, -0.2) is 0 Å². The smallest absolute Gasteiger partial charge is 0.226 e. The van der Waals surface area contributed by atoms with E-state index in [0.717, 1.165) is 19.5 Å². The van der Waals surface area contributed by atoms with Crippen LogP contribution in [0.3, 0.4) is 0 Å². The van der Waals surface area contributed by atoms with Gasteiger partial charge in [0.1, 0.15) is 0 Å². The second-order valence-electron chi connectivity index (χ2n) is 5.57. The second kappa shape index (κ2) is 6.40. The Morgan fingerprint density at radius 3 is 2.63 bits per heavy atom. The summed E-state index contributed by atoms with van der Waals surface area (Å²) in [6.07, 6.45) is 1.03. The third-order valence-corrected chi connectivity index (χ3v) is 4.03. The van der Waals surface area contributed by atoms with E-state index >= 15 is 0 Å². The number of benzene rings is 1. The molecule has 1 heterocycles. The lowest BCUT2D eigenvalue weighted by atomic mass is 9.82. The van der Waals surface area contributed by atoms with Crippen LogP contribution in [-0.4, -0.2) is 30.4 Å². The minimum atomic E-state index is -0.0666. The monoisotopic (exact) mass is 282 g/mol. The Morgan fingerprint density at radius 2 is 2.05 bits per heavy atom. The average molecular weight is 283 g/mol. The van der Waals surface area contributed by atoms with Gasteiger partial charge in [-0.1, -0.05) is 44.2 Å². The fraction of sp³-hybridized carbons (Fsp3) is 0.533. The quantitative estimate of drug-likeness (QED) is 0.924. The van der Waals surface area contributed by atoms with Crippen molar-refractivity contribution in [3.8, 4) is 0 Å². The lowest BCUT2D eigenvalue weighted by Crippen LogP contribution is -2.38. The first-order valence-corrected chi connectivity index (χ1v) is 6.61. The number of likely N-dealkylation sites (tertiary alicyclic amines) is 1. The first-order chi connectivity index (χ1) is 8.57. The summed E-state index contributed by atoms with van der Waals surface area (Å²) in [7, 11) is 0. The van der Waals surface area contributed by atoms with E-state index in [9.17, 15) is 4.79 Å². The molecule has 1 saturated heterocycles. The SMILES string of the molecule is CC(CN)C(=O)N1CCC(C)(c2ccccc2)C1.Cl. The third-order valence-electron chi connectivity index (χ3n) is 4.03. The van der Waals surface area contributed by atoms with Crippen LogP contribution >= 0.6 is 12.4 Å². The lowest BCUT2D eigenvalue weighted by Gasteiger charge is -2.26. The molecule has 1 aromatic carbocycles. The minimum absolute atomic E-state index is 0. The van der Waals surface area contributed by atoms with Gasteiger partial charge in [-0.3, -0.25) is 4.79 Å². The first-order valence-electron chi connectivity index (χ1n) is 6.61. The van der Waals surface area contributed by atoms with Crippen LogP contribution in [0.15, 0.2) is 30.3 Å². The number of rotatable bonds is 3. The number of hydrogen-bond acceptors (Lipinski definition) is 2. The molecule has 0 radical (unpaired) electrons. The predicted molar refractivity (Wildman–Crippen MR) is 80.5 cm³/mol. The average Bonchev–Trinajstić information content (AvgIpc) is 2.82. The molecule has 2 rings (SSSR count). The molecule has 1 fully saturated rings. The van der Waals surface area contributed by atoms with Crippen LogP contribution in [0.1, 0.15) is 25.8 Å². The van der Waals surface area contributed by atoms with Crippen molar-refractivity contribution in [1.29, 1.82) is 0 Å².